The third kappa shape index (κ3) is 3.48. The molecule has 3 N–H and O–H groups in total. The number of phenolic OH excluding ortho intramolecular Hbond substituents is 1. The number of likely N-dealkylation sites (tertiary alicyclic amines) is 1. The van der Waals surface area contributed by atoms with Gasteiger partial charge in [-0.2, -0.15) is 0 Å². The smallest absolute Gasteiger partial charge is 0.227 e. The Bertz CT molecular complexity index is 473. The molecule has 1 fully saturated rings. The SMILES string of the molecule is NCC(Cc1ccc(O)c(F)c1)C(=O)N1CCCCC1. The lowest BCUT2D eigenvalue weighted by atomic mass is 9.96. The highest BCUT2D eigenvalue weighted by molar-refractivity contribution is 5.79. The number of halogens is 1. The molecule has 0 saturated carbocycles. The summed E-state index contributed by atoms with van der Waals surface area (Å²) in [5.41, 5.74) is 6.39. The fourth-order valence-corrected chi connectivity index (χ4v) is 2.61. The zero-order valence-electron chi connectivity index (χ0n) is 11.5. The van der Waals surface area contributed by atoms with Gasteiger partial charge in [-0.05, 0) is 43.4 Å². The molecule has 0 aliphatic carbocycles. The van der Waals surface area contributed by atoms with Crippen LogP contribution in [0.15, 0.2) is 18.2 Å². The van der Waals surface area contributed by atoms with Gasteiger partial charge < -0.3 is 15.7 Å². The highest BCUT2D eigenvalue weighted by atomic mass is 19.1. The summed E-state index contributed by atoms with van der Waals surface area (Å²) < 4.78 is 13.3. The number of nitrogens with zero attached hydrogens (tertiary/aromatic N) is 1. The van der Waals surface area contributed by atoms with E-state index in [2.05, 4.69) is 0 Å². The van der Waals surface area contributed by atoms with Crippen LogP contribution < -0.4 is 5.73 Å². The van der Waals surface area contributed by atoms with Gasteiger partial charge in [0.1, 0.15) is 0 Å². The monoisotopic (exact) mass is 280 g/mol. The zero-order chi connectivity index (χ0) is 14.5. The third-order valence-electron chi connectivity index (χ3n) is 3.80. The van der Waals surface area contributed by atoms with Crippen molar-refractivity contribution in [3.63, 3.8) is 0 Å². The molecule has 0 radical (unpaired) electrons. The molecule has 1 amide bonds. The van der Waals surface area contributed by atoms with Gasteiger partial charge in [-0.3, -0.25) is 4.79 Å². The second-order valence-electron chi connectivity index (χ2n) is 5.31. The zero-order valence-corrected chi connectivity index (χ0v) is 11.5. The van der Waals surface area contributed by atoms with Crippen LogP contribution in [-0.4, -0.2) is 35.5 Å². The molecular weight excluding hydrogens is 259 g/mol. The van der Waals surface area contributed by atoms with E-state index in [1.807, 2.05) is 4.90 Å². The lowest BCUT2D eigenvalue weighted by Crippen LogP contribution is -2.42. The van der Waals surface area contributed by atoms with Crippen molar-refractivity contribution in [2.75, 3.05) is 19.6 Å². The molecule has 1 aromatic rings. The fourth-order valence-electron chi connectivity index (χ4n) is 2.61. The van der Waals surface area contributed by atoms with Gasteiger partial charge in [0.2, 0.25) is 5.91 Å². The van der Waals surface area contributed by atoms with Crippen molar-refractivity contribution in [1.82, 2.24) is 4.90 Å². The molecule has 1 atom stereocenters. The summed E-state index contributed by atoms with van der Waals surface area (Å²) in [4.78, 5) is 14.2. The largest absolute Gasteiger partial charge is 0.505 e. The van der Waals surface area contributed by atoms with Crippen LogP contribution in [0.5, 0.6) is 5.75 Å². The van der Waals surface area contributed by atoms with E-state index in [0.29, 0.717) is 12.0 Å². The summed E-state index contributed by atoms with van der Waals surface area (Å²) in [6, 6.07) is 4.20. The lowest BCUT2D eigenvalue weighted by Gasteiger charge is -2.30. The molecule has 4 nitrogen and oxygen atoms in total. The molecule has 0 bridgehead atoms. The van der Waals surface area contributed by atoms with Crippen molar-refractivity contribution in [1.29, 1.82) is 0 Å². The predicted octanol–water partition coefficient (Wildman–Crippen LogP) is 1.66. The first kappa shape index (κ1) is 14.8. The Hall–Kier alpha value is -1.62. The van der Waals surface area contributed by atoms with Gasteiger partial charge in [-0.25, -0.2) is 4.39 Å². The van der Waals surface area contributed by atoms with Crippen LogP contribution in [0.25, 0.3) is 0 Å². The minimum atomic E-state index is -0.663. The molecule has 1 heterocycles. The first-order chi connectivity index (χ1) is 9.61. The maximum absolute atomic E-state index is 13.3. The average Bonchev–Trinajstić information content (AvgIpc) is 2.48. The van der Waals surface area contributed by atoms with Crippen LogP contribution in [0.4, 0.5) is 4.39 Å². The van der Waals surface area contributed by atoms with E-state index in [4.69, 9.17) is 5.73 Å². The number of piperidine rings is 1. The van der Waals surface area contributed by atoms with E-state index >= 15 is 0 Å². The molecule has 5 heteroatoms. The number of aromatic hydroxyl groups is 1. The van der Waals surface area contributed by atoms with E-state index < -0.39 is 5.82 Å². The molecule has 110 valence electrons. The molecule has 0 aromatic heterocycles. The summed E-state index contributed by atoms with van der Waals surface area (Å²) in [7, 11) is 0. The fraction of sp³-hybridized carbons (Fsp3) is 0.533. The summed E-state index contributed by atoms with van der Waals surface area (Å²) in [6.07, 6.45) is 3.65. The first-order valence-electron chi connectivity index (χ1n) is 7.08. The van der Waals surface area contributed by atoms with Crippen molar-refractivity contribution in [3.05, 3.63) is 29.6 Å². The Balaban J connectivity index is 2.03. The lowest BCUT2D eigenvalue weighted by molar-refractivity contribution is -0.136. The highest BCUT2D eigenvalue weighted by Gasteiger charge is 2.24. The molecule has 20 heavy (non-hydrogen) atoms. The first-order valence-corrected chi connectivity index (χ1v) is 7.08. The molecule has 1 unspecified atom stereocenters. The number of carbonyl (C=O) groups excluding carboxylic acids is 1. The number of amides is 1. The van der Waals surface area contributed by atoms with Gasteiger partial charge >= 0.3 is 0 Å². The van der Waals surface area contributed by atoms with Crippen molar-refractivity contribution in [2.45, 2.75) is 25.7 Å². The van der Waals surface area contributed by atoms with E-state index in [0.717, 1.165) is 25.9 Å². The minimum absolute atomic E-state index is 0.0562. The van der Waals surface area contributed by atoms with Crippen LogP contribution in [-0.2, 0) is 11.2 Å². The molecule has 1 saturated heterocycles. The summed E-state index contributed by atoms with van der Waals surface area (Å²) >= 11 is 0. The van der Waals surface area contributed by atoms with Crippen LogP contribution in [0, 0.1) is 11.7 Å². The Labute approximate surface area is 118 Å². The highest BCUT2D eigenvalue weighted by Crippen LogP contribution is 2.20. The third-order valence-corrected chi connectivity index (χ3v) is 3.80. The number of carbonyl (C=O) groups is 1. The number of phenols is 1. The predicted molar refractivity (Wildman–Crippen MR) is 74.7 cm³/mol. The minimum Gasteiger partial charge on any atom is -0.505 e. The Morgan fingerprint density at radius 3 is 2.65 bits per heavy atom. The van der Waals surface area contributed by atoms with E-state index in [1.54, 1.807) is 6.07 Å². The number of rotatable bonds is 4. The van der Waals surface area contributed by atoms with Crippen LogP contribution in [0.1, 0.15) is 24.8 Å². The van der Waals surface area contributed by atoms with E-state index in [9.17, 15) is 14.3 Å². The maximum atomic E-state index is 13.3. The molecule has 0 spiro atoms. The normalized spacial score (nSPS) is 17.0. The van der Waals surface area contributed by atoms with Gasteiger partial charge in [0.05, 0.1) is 5.92 Å². The van der Waals surface area contributed by atoms with Crippen molar-refractivity contribution < 1.29 is 14.3 Å². The summed E-state index contributed by atoms with van der Waals surface area (Å²) in [5.74, 6) is -1.30. The van der Waals surface area contributed by atoms with Crippen LogP contribution in [0.2, 0.25) is 0 Å². The van der Waals surface area contributed by atoms with Gasteiger partial charge in [-0.15, -0.1) is 0 Å². The quantitative estimate of drug-likeness (QED) is 0.881. The number of hydrogen-bond acceptors (Lipinski definition) is 3. The number of benzene rings is 1. The maximum Gasteiger partial charge on any atom is 0.227 e. The van der Waals surface area contributed by atoms with Gasteiger partial charge in [-0.1, -0.05) is 6.07 Å². The van der Waals surface area contributed by atoms with Crippen LogP contribution >= 0.6 is 0 Å². The topological polar surface area (TPSA) is 66.6 Å². The second kappa shape index (κ2) is 6.70. The van der Waals surface area contributed by atoms with E-state index in [-0.39, 0.29) is 24.1 Å². The van der Waals surface area contributed by atoms with E-state index in [1.165, 1.54) is 18.6 Å². The molecule has 2 rings (SSSR count). The van der Waals surface area contributed by atoms with Crippen molar-refractivity contribution in [3.8, 4) is 5.75 Å². The molecule has 1 aliphatic rings. The number of nitrogens with two attached hydrogens (primary N) is 1. The van der Waals surface area contributed by atoms with Gasteiger partial charge in [0.15, 0.2) is 11.6 Å². The molecular formula is C15H21FN2O2. The summed E-state index contributed by atoms with van der Waals surface area (Å²) in [6.45, 7) is 1.83. The van der Waals surface area contributed by atoms with Crippen molar-refractivity contribution >= 4 is 5.91 Å². The van der Waals surface area contributed by atoms with Crippen LogP contribution in [0.3, 0.4) is 0 Å². The Morgan fingerprint density at radius 2 is 2.05 bits per heavy atom. The van der Waals surface area contributed by atoms with Gasteiger partial charge in [0, 0.05) is 19.6 Å². The summed E-state index contributed by atoms with van der Waals surface area (Å²) in [5, 5.41) is 9.17. The average molecular weight is 280 g/mol. The van der Waals surface area contributed by atoms with Gasteiger partial charge in [0.25, 0.3) is 0 Å². The van der Waals surface area contributed by atoms with Crippen molar-refractivity contribution in [2.24, 2.45) is 11.7 Å². The number of hydrogen-bond donors (Lipinski definition) is 2. The molecule has 1 aromatic carbocycles. The standard InChI is InChI=1S/C15H21FN2O2/c16-13-9-11(4-5-14(13)19)8-12(10-17)15(20)18-6-2-1-3-7-18/h4-5,9,12,19H,1-3,6-8,10,17H2. The molecule has 1 aliphatic heterocycles. The Morgan fingerprint density at radius 1 is 1.35 bits per heavy atom. The Kier molecular flexibility index (Phi) is 4.95. The second-order valence-corrected chi connectivity index (χ2v) is 5.31.